The minimum atomic E-state index is -0.185. The molecule has 0 bridgehead atoms. The molecule has 1 N–H and O–H groups in total. The molecular formula is C19H30FN3O. The number of amides is 1. The third kappa shape index (κ3) is 5.56. The van der Waals surface area contributed by atoms with Gasteiger partial charge >= 0.3 is 0 Å². The first-order chi connectivity index (χ1) is 11.5. The molecule has 0 spiro atoms. The van der Waals surface area contributed by atoms with E-state index < -0.39 is 0 Å². The van der Waals surface area contributed by atoms with Crippen molar-refractivity contribution in [1.29, 1.82) is 0 Å². The number of halogens is 1. The van der Waals surface area contributed by atoms with E-state index >= 15 is 0 Å². The van der Waals surface area contributed by atoms with Gasteiger partial charge in [0.1, 0.15) is 5.82 Å². The maximum Gasteiger partial charge on any atom is 0.221 e. The molecule has 0 radical (unpaired) electrons. The summed E-state index contributed by atoms with van der Waals surface area (Å²) < 4.78 is 13.1. The summed E-state index contributed by atoms with van der Waals surface area (Å²) in [5.74, 6) is 0.449. The molecule has 1 heterocycles. The van der Waals surface area contributed by atoms with Crippen LogP contribution in [-0.4, -0.2) is 55.0 Å². The highest BCUT2D eigenvalue weighted by Crippen LogP contribution is 2.20. The maximum atomic E-state index is 13.1. The van der Waals surface area contributed by atoms with Gasteiger partial charge < -0.3 is 10.2 Å². The predicted molar refractivity (Wildman–Crippen MR) is 95.2 cm³/mol. The molecule has 1 aromatic rings. The van der Waals surface area contributed by atoms with Gasteiger partial charge in [0.25, 0.3) is 0 Å². The minimum absolute atomic E-state index is 0.100. The van der Waals surface area contributed by atoms with Crippen LogP contribution in [0.5, 0.6) is 0 Å². The monoisotopic (exact) mass is 335 g/mol. The highest BCUT2D eigenvalue weighted by molar-refractivity contribution is 5.75. The minimum Gasteiger partial charge on any atom is -0.359 e. The van der Waals surface area contributed by atoms with E-state index in [4.69, 9.17) is 0 Å². The Balaban J connectivity index is 2.00. The lowest BCUT2D eigenvalue weighted by atomic mass is 10.0. The molecule has 1 atom stereocenters. The van der Waals surface area contributed by atoms with Gasteiger partial charge in [-0.05, 0) is 36.6 Å². The molecule has 1 aliphatic rings. The molecule has 0 aliphatic carbocycles. The number of benzene rings is 1. The number of rotatable bonds is 6. The van der Waals surface area contributed by atoms with Gasteiger partial charge in [0, 0.05) is 45.7 Å². The van der Waals surface area contributed by atoms with Crippen LogP contribution in [0.1, 0.15) is 32.3 Å². The van der Waals surface area contributed by atoms with Crippen molar-refractivity contribution >= 4 is 5.91 Å². The first kappa shape index (κ1) is 18.9. The second-order valence-corrected chi connectivity index (χ2v) is 6.99. The van der Waals surface area contributed by atoms with Crippen molar-refractivity contribution in [3.8, 4) is 0 Å². The lowest BCUT2D eigenvalue weighted by Gasteiger charge is -2.34. The first-order valence-corrected chi connectivity index (χ1v) is 8.91. The van der Waals surface area contributed by atoms with Crippen LogP contribution in [-0.2, 0) is 11.3 Å². The molecule has 134 valence electrons. The molecule has 1 amide bonds. The lowest BCUT2D eigenvalue weighted by molar-refractivity contribution is -0.120. The molecule has 4 nitrogen and oxygen atoms in total. The molecule has 0 aromatic heterocycles. The van der Waals surface area contributed by atoms with Crippen molar-refractivity contribution in [2.45, 2.75) is 39.3 Å². The Hall–Kier alpha value is -1.46. The normalized spacial score (nSPS) is 20.1. The van der Waals surface area contributed by atoms with Gasteiger partial charge in [-0.2, -0.15) is 0 Å². The standard InChI is InChI=1S/C19H30FN3O/c1-15(2)18-14-22(12-9-19(24)21-3)10-4-11-23(18)13-16-5-7-17(20)8-6-16/h5-8,15,18H,4,9-14H2,1-3H3,(H,21,24)/t18-/m1/s1. The van der Waals surface area contributed by atoms with E-state index in [-0.39, 0.29) is 11.7 Å². The van der Waals surface area contributed by atoms with Gasteiger partial charge in [0.2, 0.25) is 5.91 Å². The average molecular weight is 335 g/mol. The fourth-order valence-electron chi connectivity index (χ4n) is 3.38. The van der Waals surface area contributed by atoms with Crippen LogP contribution in [0.15, 0.2) is 24.3 Å². The Morgan fingerprint density at radius 2 is 2.00 bits per heavy atom. The van der Waals surface area contributed by atoms with Gasteiger partial charge in [-0.3, -0.25) is 9.69 Å². The highest BCUT2D eigenvalue weighted by atomic mass is 19.1. The largest absolute Gasteiger partial charge is 0.359 e. The summed E-state index contributed by atoms with van der Waals surface area (Å²) in [4.78, 5) is 16.4. The first-order valence-electron chi connectivity index (χ1n) is 8.91. The molecule has 1 saturated heterocycles. The predicted octanol–water partition coefficient (Wildman–Crippen LogP) is 2.49. The van der Waals surface area contributed by atoms with Crippen LogP contribution >= 0.6 is 0 Å². The van der Waals surface area contributed by atoms with E-state index in [0.717, 1.165) is 44.7 Å². The molecular weight excluding hydrogens is 305 g/mol. The molecule has 5 heteroatoms. The lowest BCUT2D eigenvalue weighted by Crippen LogP contribution is -2.44. The fraction of sp³-hybridized carbons (Fsp3) is 0.632. The Kier molecular flexibility index (Phi) is 7.18. The van der Waals surface area contributed by atoms with Crippen molar-refractivity contribution in [3.05, 3.63) is 35.6 Å². The number of carbonyl (C=O) groups excluding carboxylic acids is 1. The van der Waals surface area contributed by atoms with E-state index in [1.54, 1.807) is 7.05 Å². The van der Waals surface area contributed by atoms with E-state index in [1.165, 1.54) is 12.1 Å². The summed E-state index contributed by atoms with van der Waals surface area (Å²) in [5, 5.41) is 2.69. The van der Waals surface area contributed by atoms with Crippen molar-refractivity contribution < 1.29 is 9.18 Å². The zero-order chi connectivity index (χ0) is 17.5. The molecule has 2 rings (SSSR count). The van der Waals surface area contributed by atoms with Gasteiger partial charge in [-0.1, -0.05) is 26.0 Å². The zero-order valence-corrected chi connectivity index (χ0v) is 15.1. The van der Waals surface area contributed by atoms with Crippen LogP contribution in [0, 0.1) is 11.7 Å². The Labute approximate surface area is 145 Å². The van der Waals surface area contributed by atoms with Gasteiger partial charge in [0.05, 0.1) is 0 Å². The van der Waals surface area contributed by atoms with Crippen LogP contribution < -0.4 is 5.32 Å². The van der Waals surface area contributed by atoms with Gasteiger partial charge in [0.15, 0.2) is 0 Å². The Bertz CT molecular complexity index is 518. The van der Waals surface area contributed by atoms with Crippen LogP contribution in [0.25, 0.3) is 0 Å². The summed E-state index contributed by atoms with van der Waals surface area (Å²) in [6.45, 7) is 9.22. The smallest absolute Gasteiger partial charge is 0.221 e. The quantitative estimate of drug-likeness (QED) is 0.868. The van der Waals surface area contributed by atoms with Crippen molar-refractivity contribution in [2.75, 3.05) is 33.2 Å². The second kappa shape index (κ2) is 9.14. The molecule has 0 unspecified atom stereocenters. The summed E-state index contributed by atoms with van der Waals surface area (Å²) in [6, 6.07) is 7.27. The Morgan fingerprint density at radius 3 is 2.62 bits per heavy atom. The molecule has 1 aromatic carbocycles. The third-order valence-electron chi connectivity index (χ3n) is 4.84. The number of nitrogens with zero attached hydrogens (tertiary/aromatic N) is 2. The number of hydrogen-bond acceptors (Lipinski definition) is 3. The summed E-state index contributed by atoms with van der Waals surface area (Å²) in [7, 11) is 1.69. The topological polar surface area (TPSA) is 35.6 Å². The summed E-state index contributed by atoms with van der Waals surface area (Å²) in [5.41, 5.74) is 1.15. The Morgan fingerprint density at radius 1 is 1.29 bits per heavy atom. The van der Waals surface area contributed by atoms with Crippen LogP contribution in [0.4, 0.5) is 4.39 Å². The summed E-state index contributed by atoms with van der Waals surface area (Å²) in [6.07, 6.45) is 1.65. The van der Waals surface area contributed by atoms with E-state index in [2.05, 4.69) is 29.0 Å². The van der Waals surface area contributed by atoms with Crippen LogP contribution in [0.2, 0.25) is 0 Å². The van der Waals surface area contributed by atoms with Crippen molar-refractivity contribution in [2.24, 2.45) is 5.92 Å². The van der Waals surface area contributed by atoms with E-state index in [9.17, 15) is 9.18 Å². The van der Waals surface area contributed by atoms with Crippen molar-refractivity contribution in [3.63, 3.8) is 0 Å². The SMILES string of the molecule is CNC(=O)CCN1CCCN(Cc2ccc(F)cc2)[C@@H](C(C)C)C1. The average Bonchev–Trinajstić information content (AvgIpc) is 2.77. The zero-order valence-electron chi connectivity index (χ0n) is 15.1. The van der Waals surface area contributed by atoms with Crippen LogP contribution in [0.3, 0.4) is 0 Å². The molecule has 0 saturated carbocycles. The molecule has 1 aliphatic heterocycles. The number of nitrogens with one attached hydrogen (secondary N) is 1. The highest BCUT2D eigenvalue weighted by Gasteiger charge is 2.27. The fourth-order valence-corrected chi connectivity index (χ4v) is 3.38. The number of carbonyl (C=O) groups is 1. The molecule has 24 heavy (non-hydrogen) atoms. The third-order valence-corrected chi connectivity index (χ3v) is 4.84. The summed E-state index contributed by atoms with van der Waals surface area (Å²) >= 11 is 0. The van der Waals surface area contributed by atoms with Crippen molar-refractivity contribution in [1.82, 2.24) is 15.1 Å². The second-order valence-electron chi connectivity index (χ2n) is 6.99. The maximum absolute atomic E-state index is 13.1. The van der Waals surface area contributed by atoms with E-state index in [1.807, 2.05) is 12.1 Å². The van der Waals surface area contributed by atoms with E-state index in [0.29, 0.717) is 18.4 Å². The van der Waals surface area contributed by atoms with Gasteiger partial charge in [-0.25, -0.2) is 4.39 Å². The molecule has 1 fully saturated rings. The number of hydrogen-bond donors (Lipinski definition) is 1. The van der Waals surface area contributed by atoms with Gasteiger partial charge in [-0.15, -0.1) is 0 Å².